The number of hydrogen-bond acceptors (Lipinski definition) is 3. The zero-order valence-electron chi connectivity index (χ0n) is 6.75. The summed E-state index contributed by atoms with van der Waals surface area (Å²) in [4.78, 5) is 2.06. The lowest BCUT2D eigenvalue weighted by atomic mass is 10.6. The minimum atomic E-state index is -0.125. The van der Waals surface area contributed by atoms with Gasteiger partial charge in [-0.2, -0.15) is 0 Å². The first-order chi connectivity index (χ1) is 4.68. The van der Waals surface area contributed by atoms with E-state index in [1.165, 1.54) is 0 Å². The second kappa shape index (κ2) is 11.4. The second-order valence-electron chi connectivity index (χ2n) is 2.00. The molecule has 0 aliphatic heterocycles. The molecule has 0 radical (unpaired) electrons. The molecule has 0 unspecified atom stereocenters. The molecule has 0 saturated heterocycles. The Morgan fingerprint density at radius 2 is 1.70 bits per heavy atom. The van der Waals surface area contributed by atoms with Gasteiger partial charge in [0.2, 0.25) is 0 Å². The minimum Gasteiger partial charge on any atom is -0.394 e. The van der Waals surface area contributed by atoms with Crippen LogP contribution >= 0.6 is 0 Å². The van der Waals surface area contributed by atoms with Crippen LogP contribution in [-0.2, 0) is 0 Å². The van der Waals surface area contributed by atoms with Gasteiger partial charge < -0.3 is 15.1 Å². The van der Waals surface area contributed by atoms with Crippen LogP contribution in [0.3, 0.4) is 0 Å². The lowest BCUT2D eigenvalue weighted by Crippen LogP contribution is -2.09. The largest absolute Gasteiger partial charge is 0.394 e. The molecule has 0 bridgehead atoms. The summed E-state index contributed by atoms with van der Waals surface area (Å²) in [5, 5.41) is 15.2. The zero-order valence-corrected chi connectivity index (χ0v) is 6.75. The van der Waals surface area contributed by atoms with Gasteiger partial charge in [-0.1, -0.05) is 6.08 Å². The Balaban J connectivity index is 0. The van der Waals surface area contributed by atoms with Gasteiger partial charge >= 0.3 is 0 Å². The third-order valence-electron chi connectivity index (χ3n) is 0.594. The van der Waals surface area contributed by atoms with Crippen LogP contribution in [0.1, 0.15) is 0 Å². The third kappa shape index (κ3) is 25.5. The average molecular weight is 147 g/mol. The van der Waals surface area contributed by atoms with Crippen molar-refractivity contribution in [1.29, 1.82) is 0 Å². The first-order valence-electron chi connectivity index (χ1n) is 3.16. The van der Waals surface area contributed by atoms with Gasteiger partial charge in [-0.05, 0) is 14.1 Å². The highest BCUT2D eigenvalue weighted by Gasteiger charge is 1.75. The number of nitrogens with zero attached hydrogens (tertiary/aromatic N) is 1. The Labute approximate surface area is 62.6 Å². The molecule has 0 aliphatic carbocycles. The molecule has 0 fully saturated rings. The predicted molar refractivity (Wildman–Crippen MR) is 42.9 cm³/mol. The maximum Gasteiger partial charge on any atom is 0.0662 e. The molecule has 3 heteroatoms. The number of rotatable bonds is 3. The van der Waals surface area contributed by atoms with Crippen LogP contribution in [-0.4, -0.2) is 49.0 Å². The summed E-state index contributed by atoms with van der Waals surface area (Å²) in [5.74, 6) is 0. The van der Waals surface area contributed by atoms with Crippen LogP contribution in [0.5, 0.6) is 0 Å². The molecule has 0 spiro atoms. The van der Waals surface area contributed by atoms with Crippen molar-refractivity contribution >= 4 is 0 Å². The lowest BCUT2D eigenvalue weighted by molar-refractivity contribution is 0.186. The van der Waals surface area contributed by atoms with E-state index in [9.17, 15) is 0 Å². The maximum atomic E-state index is 7.62. The fourth-order valence-corrected chi connectivity index (χ4v) is 0.258. The van der Waals surface area contributed by atoms with E-state index in [4.69, 9.17) is 10.2 Å². The van der Waals surface area contributed by atoms with Crippen molar-refractivity contribution in [3.63, 3.8) is 0 Å². The molecule has 10 heavy (non-hydrogen) atoms. The highest BCUT2D eigenvalue weighted by molar-refractivity contribution is 4.68. The van der Waals surface area contributed by atoms with Crippen LogP contribution in [0.2, 0.25) is 0 Å². The van der Waals surface area contributed by atoms with Crippen molar-refractivity contribution in [1.82, 2.24) is 4.90 Å². The molecule has 0 heterocycles. The maximum absolute atomic E-state index is 7.62. The number of aliphatic hydroxyl groups is 2. The molecule has 0 saturated carbocycles. The van der Waals surface area contributed by atoms with E-state index in [1.807, 2.05) is 20.2 Å². The van der Waals surface area contributed by atoms with E-state index in [0.29, 0.717) is 0 Å². The van der Waals surface area contributed by atoms with Crippen molar-refractivity contribution in [2.45, 2.75) is 0 Å². The molecular weight excluding hydrogens is 130 g/mol. The SMILES string of the molecule is C=CCN(C)C.OCCO. The van der Waals surface area contributed by atoms with E-state index >= 15 is 0 Å². The topological polar surface area (TPSA) is 43.7 Å². The molecule has 0 aromatic heterocycles. The molecule has 3 nitrogen and oxygen atoms in total. The summed E-state index contributed by atoms with van der Waals surface area (Å²) in [6.07, 6.45) is 1.88. The molecule has 0 rings (SSSR count). The van der Waals surface area contributed by atoms with Crippen molar-refractivity contribution in [3.8, 4) is 0 Å². The highest BCUT2D eigenvalue weighted by atomic mass is 16.3. The van der Waals surface area contributed by atoms with Crippen molar-refractivity contribution in [2.24, 2.45) is 0 Å². The van der Waals surface area contributed by atoms with Gasteiger partial charge in [-0.15, -0.1) is 6.58 Å². The molecule has 0 aliphatic rings. The summed E-state index contributed by atoms with van der Waals surface area (Å²) >= 11 is 0. The monoisotopic (exact) mass is 147 g/mol. The van der Waals surface area contributed by atoms with Gasteiger partial charge in [-0.3, -0.25) is 0 Å². The first kappa shape index (κ1) is 12.3. The molecule has 0 atom stereocenters. The molecule has 0 aromatic carbocycles. The fourth-order valence-electron chi connectivity index (χ4n) is 0.258. The van der Waals surface area contributed by atoms with Crippen LogP contribution in [0.15, 0.2) is 12.7 Å². The standard InChI is InChI=1S/C5H11N.C2H6O2/c1-4-5-6(2)3;3-1-2-4/h4H,1,5H2,2-3H3;3-4H,1-2H2. The lowest BCUT2D eigenvalue weighted by Gasteiger charge is -2.01. The second-order valence-corrected chi connectivity index (χ2v) is 2.00. The quantitative estimate of drug-likeness (QED) is 0.539. The Bertz CT molecular complexity index is 62.6. The summed E-state index contributed by atoms with van der Waals surface area (Å²) in [5.41, 5.74) is 0. The summed E-state index contributed by atoms with van der Waals surface area (Å²) in [6, 6.07) is 0. The van der Waals surface area contributed by atoms with E-state index < -0.39 is 0 Å². The van der Waals surface area contributed by atoms with Crippen LogP contribution in [0, 0.1) is 0 Å². The van der Waals surface area contributed by atoms with Gasteiger partial charge in [0.15, 0.2) is 0 Å². The van der Waals surface area contributed by atoms with Crippen molar-refractivity contribution in [2.75, 3.05) is 33.9 Å². The van der Waals surface area contributed by atoms with E-state index in [-0.39, 0.29) is 13.2 Å². The van der Waals surface area contributed by atoms with Crippen LogP contribution in [0.4, 0.5) is 0 Å². The average Bonchev–Trinajstić information content (AvgIpc) is 1.89. The summed E-state index contributed by atoms with van der Waals surface area (Å²) in [7, 11) is 4.03. The van der Waals surface area contributed by atoms with Gasteiger partial charge in [0.05, 0.1) is 13.2 Å². The smallest absolute Gasteiger partial charge is 0.0662 e. The van der Waals surface area contributed by atoms with Crippen LogP contribution < -0.4 is 0 Å². The predicted octanol–water partition coefficient (Wildman–Crippen LogP) is -0.295. The zero-order chi connectivity index (χ0) is 8.41. The van der Waals surface area contributed by atoms with Gasteiger partial charge in [-0.25, -0.2) is 0 Å². The molecule has 0 amide bonds. The Morgan fingerprint density at radius 3 is 1.70 bits per heavy atom. The van der Waals surface area contributed by atoms with Gasteiger partial charge in [0, 0.05) is 6.54 Å². The summed E-state index contributed by atoms with van der Waals surface area (Å²) < 4.78 is 0. The molecule has 2 N–H and O–H groups in total. The van der Waals surface area contributed by atoms with Gasteiger partial charge in [0.25, 0.3) is 0 Å². The Hall–Kier alpha value is -0.380. The van der Waals surface area contributed by atoms with E-state index in [1.54, 1.807) is 0 Å². The van der Waals surface area contributed by atoms with Crippen molar-refractivity contribution in [3.05, 3.63) is 12.7 Å². The van der Waals surface area contributed by atoms with Crippen LogP contribution in [0.25, 0.3) is 0 Å². The number of hydrogen-bond donors (Lipinski definition) is 2. The third-order valence-corrected chi connectivity index (χ3v) is 0.594. The van der Waals surface area contributed by atoms with E-state index in [0.717, 1.165) is 6.54 Å². The fraction of sp³-hybridized carbons (Fsp3) is 0.714. The summed E-state index contributed by atoms with van der Waals surface area (Å²) in [6.45, 7) is 4.28. The molecule has 62 valence electrons. The molecule has 0 aromatic rings. The minimum absolute atomic E-state index is 0.125. The Morgan fingerprint density at radius 1 is 1.30 bits per heavy atom. The first-order valence-corrected chi connectivity index (χ1v) is 3.16. The number of aliphatic hydroxyl groups excluding tert-OH is 2. The van der Waals surface area contributed by atoms with E-state index in [2.05, 4.69) is 11.5 Å². The van der Waals surface area contributed by atoms with Crippen molar-refractivity contribution < 1.29 is 10.2 Å². The van der Waals surface area contributed by atoms with Gasteiger partial charge in [0.1, 0.15) is 0 Å². The number of likely N-dealkylation sites (N-methyl/N-ethyl adjacent to an activating group) is 1. The Kier molecular flexibility index (Phi) is 14.1. The normalized spacial score (nSPS) is 8.50. The molecular formula is C7H17NO2. The highest BCUT2D eigenvalue weighted by Crippen LogP contribution is 1.69.